The van der Waals surface area contributed by atoms with Crippen molar-refractivity contribution < 1.29 is 4.79 Å². The van der Waals surface area contributed by atoms with Crippen LogP contribution in [0.25, 0.3) is 0 Å². The Balaban J connectivity index is 2.09. The van der Waals surface area contributed by atoms with Crippen molar-refractivity contribution in [2.75, 3.05) is 5.32 Å². The zero-order chi connectivity index (χ0) is 16.8. The summed E-state index contributed by atoms with van der Waals surface area (Å²) in [6.07, 6.45) is 1.04. The summed E-state index contributed by atoms with van der Waals surface area (Å²) >= 11 is 8.65. The second-order valence-corrected chi connectivity index (χ2v) is 6.55. The maximum absolute atomic E-state index is 12.3. The highest BCUT2D eigenvalue weighted by atomic mass is 79.9. The lowest BCUT2D eigenvalue weighted by molar-refractivity contribution is 0.0977. The Morgan fingerprint density at radius 1 is 1.17 bits per heavy atom. The van der Waals surface area contributed by atoms with Crippen molar-refractivity contribution in [2.24, 2.45) is 0 Å². The van der Waals surface area contributed by atoms with E-state index in [-0.39, 0.29) is 5.91 Å². The van der Waals surface area contributed by atoms with Crippen LogP contribution in [-0.4, -0.2) is 11.0 Å². The van der Waals surface area contributed by atoms with E-state index in [2.05, 4.69) is 46.5 Å². The molecule has 23 heavy (non-hydrogen) atoms. The van der Waals surface area contributed by atoms with Crippen molar-refractivity contribution in [1.29, 1.82) is 0 Å². The minimum Gasteiger partial charge on any atom is -0.332 e. The molecule has 2 rings (SSSR count). The van der Waals surface area contributed by atoms with Gasteiger partial charge in [0.05, 0.1) is 5.56 Å². The predicted molar refractivity (Wildman–Crippen MR) is 103 cm³/mol. The van der Waals surface area contributed by atoms with Gasteiger partial charge in [0, 0.05) is 10.2 Å². The molecule has 0 unspecified atom stereocenters. The van der Waals surface area contributed by atoms with Crippen LogP contribution in [-0.2, 0) is 0 Å². The average molecular weight is 391 g/mol. The van der Waals surface area contributed by atoms with Gasteiger partial charge in [0.15, 0.2) is 5.11 Å². The van der Waals surface area contributed by atoms with E-state index in [1.807, 2.05) is 36.4 Å². The molecule has 0 aliphatic rings. The number of amides is 1. The third-order valence-corrected chi connectivity index (χ3v) is 4.59. The van der Waals surface area contributed by atoms with E-state index in [0.29, 0.717) is 16.6 Å². The van der Waals surface area contributed by atoms with Gasteiger partial charge in [-0.3, -0.25) is 10.1 Å². The van der Waals surface area contributed by atoms with Crippen LogP contribution in [0.4, 0.5) is 5.69 Å². The largest absolute Gasteiger partial charge is 0.332 e. The lowest BCUT2D eigenvalue weighted by Gasteiger charge is -2.17. The Hall–Kier alpha value is -1.72. The summed E-state index contributed by atoms with van der Waals surface area (Å²) in [5.41, 5.74) is 2.67. The first kappa shape index (κ1) is 17.6. The topological polar surface area (TPSA) is 41.1 Å². The van der Waals surface area contributed by atoms with Gasteiger partial charge in [-0.25, -0.2) is 0 Å². The maximum Gasteiger partial charge on any atom is 0.258 e. The van der Waals surface area contributed by atoms with Crippen LogP contribution in [0.15, 0.2) is 53.0 Å². The molecule has 0 aliphatic heterocycles. The van der Waals surface area contributed by atoms with E-state index < -0.39 is 0 Å². The van der Waals surface area contributed by atoms with Crippen molar-refractivity contribution in [3.63, 3.8) is 0 Å². The van der Waals surface area contributed by atoms with E-state index >= 15 is 0 Å². The number of carbonyl (C=O) groups excluding carboxylic acids is 1. The SMILES string of the molecule is CC[C@H](C)c1ccccc1NC(=S)NC(=O)c1ccccc1Br. The summed E-state index contributed by atoms with van der Waals surface area (Å²) in [5.74, 6) is 0.177. The number of hydrogen-bond donors (Lipinski definition) is 2. The standard InChI is InChI=1S/C18H19BrN2OS/c1-3-12(2)13-8-5-7-11-16(13)20-18(23)21-17(22)14-9-4-6-10-15(14)19/h4-12H,3H2,1-2H3,(H2,20,21,22,23)/t12-/m0/s1. The number of thiocarbonyl (C=S) groups is 1. The van der Waals surface area contributed by atoms with E-state index in [1.165, 1.54) is 5.56 Å². The van der Waals surface area contributed by atoms with Crippen molar-refractivity contribution in [3.05, 3.63) is 64.1 Å². The highest BCUT2D eigenvalue weighted by molar-refractivity contribution is 9.10. The van der Waals surface area contributed by atoms with Gasteiger partial charge in [-0.2, -0.15) is 0 Å². The molecule has 1 atom stereocenters. The van der Waals surface area contributed by atoms with Crippen molar-refractivity contribution in [1.82, 2.24) is 5.32 Å². The number of hydrogen-bond acceptors (Lipinski definition) is 2. The van der Waals surface area contributed by atoms with Crippen molar-refractivity contribution in [2.45, 2.75) is 26.2 Å². The van der Waals surface area contributed by atoms with Gasteiger partial charge in [-0.15, -0.1) is 0 Å². The van der Waals surface area contributed by atoms with Crippen LogP contribution in [0.3, 0.4) is 0 Å². The van der Waals surface area contributed by atoms with Crippen LogP contribution in [0.2, 0.25) is 0 Å². The number of anilines is 1. The quantitative estimate of drug-likeness (QED) is 0.714. The Morgan fingerprint density at radius 2 is 1.83 bits per heavy atom. The molecule has 0 aliphatic carbocycles. The second-order valence-electron chi connectivity index (χ2n) is 5.28. The summed E-state index contributed by atoms with van der Waals surface area (Å²) in [6, 6.07) is 15.3. The molecule has 0 fully saturated rings. The monoisotopic (exact) mass is 390 g/mol. The molecule has 5 heteroatoms. The zero-order valence-corrected chi connectivity index (χ0v) is 15.5. The highest BCUT2D eigenvalue weighted by Gasteiger charge is 2.13. The molecule has 0 spiro atoms. The normalized spacial score (nSPS) is 11.6. The van der Waals surface area contributed by atoms with Crippen molar-refractivity contribution in [3.8, 4) is 0 Å². The molecule has 0 heterocycles. The number of benzene rings is 2. The molecule has 0 radical (unpaired) electrons. The molecular weight excluding hydrogens is 372 g/mol. The van der Waals surface area contributed by atoms with Gasteiger partial charge >= 0.3 is 0 Å². The molecule has 0 aromatic heterocycles. The van der Waals surface area contributed by atoms with Gasteiger partial charge in [-0.05, 0) is 64.2 Å². The smallest absolute Gasteiger partial charge is 0.258 e. The first-order valence-corrected chi connectivity index (χ1v) is 8.68. The van der Waals surface area contributed by atoms with E-state index in [4.69, 9.17) is 12.2 Å². The van der Waals surface area contributed by atoms with Gasteiger partial charge in [0.1, 0.15) is 0 Å². The Morgan fingerprint density at radius 3 is 2.52 bits per heavy atom. The fourth-order valence-corrected chi connectivity index (χ4v) is 2.90. The number of para-hydroxylation sites is 1. The summed E-state index contributed by atoms with van der Waals surface area (Å²) in [6.45, 7) is 4.32. The third-order valence-electron chi connectivity index (χ3n) is 3.70. The van der Waals surface area contributed by atoms with Crippen LogP contribution in [0, 0.1) is 0 Å². The van der Waals surface area contributed by atoms with Gasteiger partial charge in [-0.1, -0.05) is 44.2 Å². The van der Waals surface area contributed by atoms with E-state index in [9.17, 15) is 4.79 Å². The number of carbonyl (C=O) groups is 1. The number of halogens is 1. The molecule has 2 N–H and O–H groups in total. The molecule has 3 nitrogen and oxygen atoms in total. The summed E-state index contributed by atoms with van der Waals surface area (Å²) in [5, 5.41) is 6.14. The van der Waals surface area contributed by atoms with E-state index in [0.717, 1.165) is 16.6 Å². The molecule has 120 valence electrons. The summed E-state index contributed by atoms with van der Waals surface area (Å²) in [7, 11) is 0. The second kappa shape index (κ2) is 8.22. The number of nitrogens with one attached hydrogen (secondary N) is 2. The first-order chi connectivity index (χ1) is 11.0. The molecular formula is C18H19BrN2OS. The predicted octanol–water partition coefficient (Wildman–Crippen LogP) is 5.09. The van der Waals surface area contributed by atoms with E-state index in [1.54, 1.807) is 6.07 Å². The van der Waals surface area contributed by atoms with Gasteiger partial charge in [0.2, 0.25) is 0 Å². The maximum atomic E-state index is 12.3. The Bertz CT molecular complexity index is 718. The fourth-order valence-electron chi connectivity index (χ4n) is 2.23. The van der Waals surface area contributed by atoms with Gasteiger partial charge in [0.25, 0.3) is 5.91 Å². The first-order valence-electron chi connectivity index (χ1n) is 7.48. The molecule has 0 saturated heterocycles. The minimum atomic E-state index is -0.240. The van der Waals surface area contributed by atoms with Crippen LogP contribution < -0.4 is 10.6 Å². The van der Waals surface area contributed by atoms with Crippen molar-refractivity contribution >= 4 is 44.9 Å². The Kier molecular flexibility index (Phi) is 6.30. The molecule has 2 aromatic rings. The average Bonchev–Trinajstić information content (AvgIpc) is 2.54. The van der Waals surface area contributed by atoms with Crippen LogP contribution in [0.1, 0.15) is 42.1 Å². The third kappa shape index (κ3) is 4.62. The zero-order valence-electron chi connectivity index (χ0n) is 13.1. The summed E-state index contributed by atoms with van der Waals surface area (Å²) in [4.78, 5) is 12.3. The molecule has 2 aromatic carbocycles. The molecule has 0 bridgehead atoms. The summed E-state index contributed by atoms with van der Waals surface area (Å²) < 4.78 is 0.736. The fraction of sp³-hybridized carbons (Fsp3) is 0.222. The molecule has 0 saturated carbocycles. The van der Waals surface area contributed by atoms with Crippen LogP contribution in [0.5, 0.6) is 0 Å². The lowest BCUT2D eigenvalue weighted by Crippen LogP contribution is -2.34. The minimum absolute atomic E-state index is 0.240. The van der Waals surface area contributed by atoms with Gasteiger partial charge < -0.3 is 5.32 Å². The van der Waals surface area contributed by atoms with Crippen LogP contribution >= 0.6 is 28.1 Å². The number of rotatable bonds is 4. The Labute approximate surface area is 150 Å². The molecule has 1 amide bonds. The lowest BCUT2D eigenvalue weighted by atomic mass is 9.97. The highest BCUT2D eigenvalue weighted by Crippen LogP contribution is 2.26.